The molecule has 0 N–H and O–H groups in total. The number of hydrogen-bond donors (Lipinski definition) is 0. The number of rotatable bonds is 23. The normalized spacial score (nSPS) is 12.9. The summed E-state index contributed by atoms with van der Waals surface area (Å²) in [6, 6.07) is 15.0. The number of amides is 2. The van der Waals surface area contributed by atoms with E-state index in [0.717, 1.165) is 90.1 Å². The van der Waals surface area contributed by atoms with E-state index in [-0.39, 0.29) is 11.8 Å². The van der Waals surface area contributed by atoms with E-state index in [1.807, 2.05) is 36.4 Å². The number of nitrogens with zero attached hydrogens (tertiary/aromatic N) is 1. The second-order valence-electron chi connectivity index (χ2n) is 15.5. The number of carbonyl (C=O) groups excluding carboxylic acids is 4. The third-order valence-corrected chi connectivity index (χ3v) is 11.5. The van der Waals surface area contributed by atoms with E-state index < -0.39 is 11.9 Å². The summed E-state index contributed by atoms with van der Waals surface area (Å²) in [5.41, 5.74) is 1.74. The summed E-state index contributed by atoms with van der Waals surface area (Å²) < 4.78 is 11.7. The molecule has 0 spiro atoms. The van der Waals surface area contributed by atoms with Crippen molar-refractivity contribution >= 4 is 66.8 Å². The van der Waals surface area contributed by atoms with Crippen LogP contribution in [0.2, 0.25) is 0 Å². The Labute approximate surface area is 326 Å². The van der Waals surface area contributed by atoms with Gasteiger partial charge in [0.1, 0.15) is 0 Å². The highest BCUT2D eigenvalue weighted by atomic mass is 16.5. The van der Waals surface area contributed by atoms with Gasteiger partial charge in [-0.3, -0.25) is 14.5 Å². The number of carbonyl (C=O) groups is 4. The Hall–Kier alpha value is -4.52. The van der Waals surface area contributed by atoms with E-state index in [4.69, 9.17) is 9.47 Å². The molecule has 2 amide bonds. The Morgan fingerprint density at radius 3 is 1.24 bits per heavy atom. The van der Waals surface area contributed by atoms with E-state index in [0.29, 0.717) is 52.8 Å². The van der Waals surface area contributed by atoms with Crippen molar-refractivity contribution in [3.8, 4) is 0 Å². The van der Waals surface area contributed by atoms with Crippen molar-refractivity contribution in [2.45, 2.75) is 136 Å². The summed E-state index contributed by atoms with van der Waals surface area (Å²) in [5.74, 6) is -1.42. The molecule has 0 atom stereocenters. The first-order chi connectivity index (χ1) is 26.9. The smallest absolute Gasteiger partial charge is 0.338 e. The van der Waals surface area contributed by atoms with Gasteiger partial charge in [0.05, 0.1) is 24.3 Å². The Morgan fingerprint density at radius 1 is 0.436 bits per heavy atom. The molecule has 1 heterocycles. The first-order valence-electron chi connectivity index (χ1n) is 21.3. The molecular weight excluding hydrogens is 687 g/mol. The lowest BCUT2D eigenvalue weighted by atomic mass is 9.83. The number of imide groups is 1. The lowest BCUT2D eigenvalue weighted by molar-refractivity contribution is 0.0498. The fraction of sp³-hybridized carbons (Fsp3) is 0.500. The molecule has 5 aromatic rings. The summed E-state index contributed by atoms with van der Waals surface area (Å²) in [4.78, 5) is 57.0. The van der Waals surface area contributed by atoms with Gasteiger partial charge in [0.2, 0.25) is 0 Å². The molecule has 0 aliphatic carbocycles. The molecule has 0 fully saturated rings. The Bertz CT molecular complexity index is 2000. The fourth-order valence-electron chi connectivity index (χ4n) is 8.47. The fourth-order valence-corrected chi connectivity index (χ4v) is 8.47. The average molecular weight is 746 g/mol. The molecule has 6 rings (SSSR count). The first kappa shape index (κ1) is 40.2. The quantitative estimate of drug-likeness (QED) is 0.0217. The number of fused-ring (bicyclic) bond motifs is 2. The molecule has 55 heavy (non-hydrogen) atoms. The highest BCUT2D eigenvalue weighted by molar-refractivity contribution is 6.39. The van der Waals surface area contributed by atoms with E-state index in [1.54, 1.807) is 12.1 Å². The van der Waals surface area contributed by atoms with Crippen molar-refractivity contribution in [2.24, 2.45) is 0 Å². The topological polar surface area (TPSA) is 90.0 Å². The minimum atomic E-state index is -0.458. The van der Waals surface area contributed by atoms with Crippen LogP contribution in [0.4, 0.5) is 0 Å². The van der Waals surface area contributed by atoms with E-state index in [1.165, 1.54) is 62.7 Å². The van der Waals surface area contributed by atoms with Crippen molar-refractivity contribution in [2.75, 3.05) is 19.8 Å². The maximum Gasteiger partial charge on any atom is 0.338 e. The maximum atomic E-state index is 13.9. The molecule has 0 aromatic heterocycles. The maximum absolute atomic E-state index is 13.9. The molecule has 0 radical (unpaired) electrons. The molecule has 7 heteroatoms. The Balaban J connectivity index is 1.37. The Morgan fingerprint density at radius 2 is 0.800 bits per heavy atom. The molecule has 0 bridgehead atoms. The molecule has 1 aliphatic rings. The summed E-state index contributed by atoms with van der Waals surface area (Å²) >= 11 is 0. The van der Waals surface area contributed by atoms with E-state index in [9.17, 15) is 19.2 Å². The summed E-state index contributed by atoms with van der Waals surface area (Å²) in [7, 11) is 0. The molecule has 0 unspecified atom stereocenters. The van der Waals surface area contributed by atoms with Crippen LogP contribution in [0.25, 0.3) is 43.1 Å². The standard InChI is InChI=1S/C48H59NO6/c1-4-7-10-13-16-19-30-49-45(50)37-26-22-33-35-24-28-39(47(52)54-31-20-17-14-11-8-5-2)44-40(48(53)55-32-21-18-15-12-9-6-3)29-25-36(42(35)44)34-23-27-38(46(49)51)43(37)41(33)34/h22-29H,4-21,30-32H2,1-3H3. The zero-order valence-electron chi connectivity index (χ0n) is 33.4. The third kappa shape index (κ3) is 8.66. The van der Waals surface area contributed by atoms with Crippen LogP contribution in [0.1, 0.15) is 178 Å². The van der Waals surface area contributed by atoms with Crippen LogP contribution in [0.15, 0.2) is 48.5 Å². The zero-order valence-corrected chi connectivity index (χ0v) is 33.4. The first-order valence-corrected chi connectivity index (χ1v) is 21.3. The van der Waals surface area contributed by atoms with Crippen LogP contribution >= 0.6 is 0 Å². The number of esters is 2. The largest absolute Gasteiger partial charge is 0.462 e. The van der Waals surface area contributed by atoms with E-state index in [2.05, 4.69) is 20.8 Å². The molecule has 7 nitrogen and oxygen atoms in total. The molecule has 1 aliphatic heterocycles. The third-order valence-electron chi connectivity index (χ3n) is 11.5. The van der Waals surface area contributed by atoms with Crippen LogP contribution < -0.4 is 0 Å². The SMILES string of the molecule is CCCCCCCCOC(=O)c1ccc2c3ccc4c5c(ccc(c6ccc(C(=O)OCCCCCCCC)c1c26)c53)C(=O)N(CCCCCCCC)C4=O. The van der Waals surface area contributed by atoms with Crippen LogP contribution in [0.5, 0.6) is 0 Å². The highest BCUT2D eigenvalue weighted by Gasteiger charge is 2.34. The number of hydrogen-bond acceptors (Lipinski definition) is 6. The monoisotopic (exact) mass is 745 g/mol. The van der Waals surface area contributed by atoms with Gasteiger partial charge in [-0.25, -0.2) is 9.59 Å². The van der Waals surface area contributed by atoms with Crippen molar-refractivity contribution in [3.05, 3.63) is 70.8 Å². The number of ether oxygens (including phenoxy) is 2. The molecule has 0 saturated heterocycles. The van der Waals surface area contributed by atoms with Crippen molar-refractivity contribution < 1.29 is 28.7 Å². The van der Waals surface area contributed by atoms with Gasteiger partial charge in [0, 0.05) is 28.4 Å². The summed E-state index contributed by atoms with van der Waals surface area (Å²) in [5, 5.41) is 6.23. The van der Waals surface area contributed by atoms with Gasteiger partial charge in [-0.1, -0.05) is 141 Å². The molecule has 5 aromatic carbocycles. The second kappa shape index (κ2) is 19.4. The lowest BCUT2D eigenvalue weighted by Gasteiger charge is -2.28. The number of unbranched alkanes of at least 4 members (excludes halogenated alkanes) is 15. The second-order valence-corrected chi connectivity index (χ2v) is 15.5. The van der Waals surface area contributed by atoms with E-state index >= 15 is 0 Å². The number of benzene rings is 5. The lowest BCUT2D eigenvalue weighted by Crippen LogP contribution is -2.40. The van der Waals surface area contributed by atoms with Gasteiger partial charge in [0.15, 0.2) is 0 Å². The minimum absolute atomic E-state index is 0.252. The van der Waals surface area contributed by atoms with Crippen molar-refractivity contribution in [1.82, 2.24) is 4.90 Å². The van der Waals surface area contributed by atoms with Gasteiger partial charge in [-0.05, 0) is 75.8 Å². The van der Waals surface area contributed by atoms with Gasteiger partial charge < -0.3 is 9.47 Å². The zero-order chi connectivity index (χ0) is 38.7. The summed E-state index contributed by atoms with van der Waals surface area (Å²) in [6.07, 6.45) is 19.4. The predicted molar refractivity (Wildman–Crippen MR) is 224 cm³/mol. The van der Waals surface area contributed by atoms with Crippen molar-refractivity contribution in [3.63, 3.8) is 0 Å². The van der Waals surface area contributed by atoms with Crippen LogP contribution in [-0.4, -0.2) is 48.4 Å². The average Bonchev–Trinajstić information content (AvgIpc) is 3.20. The molecule has 0 saturated carbocycles. The van der Waals surface area contributed by atoms with Crippen LogP contribution in [0.3, 0.4) is 0 Å². The molecular formula is C48H59NO6. The van der Waals surface area contributed by atoms with Crippen LogP contribution in [-0.2, 0) is 9.47 Å². The van der Waals surface area contributed by atoms with Gasteiger partial charge >= 0.3 is 11.9 Å². The highest BCUT2D eigenvalue weighted by Crippen LogP contribution is 2.45. The van der Waals surface area contributed by atoms with Crippen molar-refractivity contribution in [1.29, 1.82) is 0 Å². The minimum Gasteiger partial charge on any atom is -0.462 e. The van der Waals surface area contributed by atoms with Gasteiger partial charge in [-0.15, -0.1) is 0 Å². The Kier molecular flexibility index (Phi) is 14.1. The van der Waals surface area contributed by atoms with Gasteiger partial charge in [0.25, 0.3) is 11.8 Å². The van der Waals surface area contributed by atoms with Gasteiger partial charge in [-0.2, -0.15) is 0 Å². The molecule has 292 valence electrons. The van der Waals surface area contributed by atoms with Crippen LogP contribution in [0, 0.1) is 0 Å². The summed E-state index contributed by atoms with van der Waals surface area (Å²) in [6.45, 7) is 7.62. The predicted octanol–water partition coefficient (Wildman–Crippen LogP) is 12.7.